The molecule has 0 aliphatic heterocycles. The van der Waals surface area contributed by atoms with E-state index >= 15 is 0 Å². The Labute approximate surface area is 124 Å². The van der Waals surface area contributed by atoms with Crippen molar-refractivity contribution in [1.29, 1.82) is 0 Å². The molecule has 0 bridgehead atoms. The Balaban J connectivity index is 2.66. The van der Waals surface area contributed by atoms with E-state index in [1.165, 1.54) is 0 Å². The van der Waals surface area contributed by atoms with Gasteiger partial charge in [0.25, 0.3) is 0 Å². The van der Waals surface area contributed by atoms with Gasteiger partial charge in [0.15, 0.2) is 0 Å². The van der Waals surface area contributed by atoms with E-state index in [4.69, 9.17) is 22.4 Å². The number of nitrogens with one attached hydrogen (secondary N) is 1. The molecule has 112 valence electrons. The van der Waals surface area contributed by atoms with E-state index < -0.39 is 0 Å². The van der Waals surface area contributed by atoms with Crippen molar-refractivity contribution in [2.75, 3.05) is 30.7 Å². The lowest BCUT2D eigenvalue weighted by Crippen LogP contribution is -2.42. The molecule has 0 heterocycles. The Bertz CT molecular complexity index is 454. The van der Waals surface area contributed by atoms with E-state index in [-0.39, 0.29) is 18.6 Å². The van der Waals surface area contributed by atoms with Crippen LogP contribution >= 0.6 is 11.6 Å². The summed E-state index contributed by atoms with van der Waals surface area (Å²) in [6, 6.07) is 4.73. The smallest absolute Gasteiger partial charge is 0.241 e. The van der Waals surface area contributed by atoms with Crippen LogP contribution in [0.4, 0.5) is 11.4 Å². The third kappa shape index (κ3) is 4.67. The number of nitrogens with zero attached hydrogens (tertiary/aromatic N) is 1. The fourth-order valence-corrected chi connectivity index (χ4v) is 2.05. The van der Waals surface area contributed by atoms with E-state index in [9.17, 15) is 4.79 Å². The lowest BCUT2D eigenvalue weighted by Gasteiger charge is -2.26. The highest BCUT2D eigenvalue weighted by molar-refractivity contribution is 6.33. The van der Waals surface area contributed by atoms with Crippen LogP contribution in [0.3, 0.4) is 0 Å². The molecule has 0 aromatic heterocycles. The third-order valence-electron chi connectivity index (χ3n) is 3.20. The molecule has 5 nitrogen and oxygen atoms in total. The Kier molecular flexibility index (Phi) is 6.78. The van der Waals surface area contributed by atoms with Crippen molar-refractivity contribution < 1.29 is 9.90 Å². The van der Waals surface area contributed by atoms with E-state index in [1.807, 2.05) is 18.7 Å². The first kappa shape index (κ1) is 16.8. The Morgan fingerprint density at radius 2 is 2.25 bits per heavy atom. The summed E-state index contributed by atoms with van der Waals surface area (Å²) in [7, 11) is 0. The van der Waals surface area contributed by atoms with Crippen LogP contribution in [0.25, 0.3) is 0 Å². The van der Waals surface area contributed by atoms with E-state index in [0.717, 1.165) is 6.54 Å². The van der Waals surface area contributed by atoms with Gasteiger partial charge in [-0.3, -0.25) is 9.69 Å². The first-order valence-electron chi connectivity index (χ1n) is 6.70. The van der Waals surface area contributed by atoms with Gasteiger partial charge in [0, 0.05) is 18.8 Å². The number of nitrogen functional groups attached to an aromatic ring is 1. The average molecular weight is 300 g/mol. The molecule has 1 atom stereocenters. The number of carbonyl (C=O) groups is 1. The first-order valence-corrected chi connectivity index (χ1v) is 7.08. The molecule has 20 heavy (non-hydrogen) atoms. The fraction of sp³-hybridized carbons (Fsp3) is 0.500. The van der Waals surface area contributed by atoms with Crippen molar-refractivity contribution >= 4 is 28.9 Å². The standard InChI is InChI=1S/C14H22ClN3O2/c1-3-18(7-4-8-19)10(2)14(20)17-11-5-6-12(15)13(16)9-11/h5-6,9-10,19H,3-4,7-8,16H2,1-2H3,(H,17,20). The fourth-order valence-electron chi connectivity index (χ4n) is 1.93. The molecular weight excluding hydrogens is 278 g/mol. The summed E-state index contributed by atoms with van der Waals surface area (Å²) >= 11 is 5.84. The van der Waals surface area contributed by atoms with Gasteiger partial charge in [-0.15, -0.1) is 0 Å². The number of hydrogen-bond donors (Lipinski definition) is 3. The molecule has 1 aromatic carbocycles. The molecule has 0 saturated heterocycles. The lowest BCUT2D eigenvalue weighted by atomic mass is 10.2. The van der Waals surface area contributed by atoms with Crippen molar-refractivity contribution in [3.05, 3.63) is 23.2 Å². The number of hydrogen-bond acceptors (Lipinski definition) is 4. The van der Waals surface area contributed by atoms with Crippen molar-refractivity contribution in [3.8, 4) is 0 Å². The Morgan fingerprint density at radius 1 is 1.55 bits per heavy atom. The van der Waals surface area contributed by atoms with Gasteiger partial charge >= 0.3 is 0 Å². The van der Waals surface area contributed by atoms with Crippen LogP contribution < -0.4 is 11.1 Å². The van der Waals surface area contributed by atoms with Gasteiger partial charge in [-0.1, -0.05) is 18.5 Å². The molecule has 6 heteroatoms. The maximum atomic E-state index is 12.2. The van der Waals surface area contributed by atoms with Gasteiger partial charge in [-0.2, -0.15) is 0 Å². The summed E-state index contributed by atoms with van der Waals surface area (Å²) in [6.07, 6.45) is 0.652. The molecule has 1 aromatic rings. The summed E-state index contributed by atoms with van der Waals surface area (Å²) in [5.74, 6) is -0.105. The summed E-state index contributed by atoms with van der Waals surface area (Å²) in [5.41, 5.74) is 6.76. The number of likely N-dealkylation sites (N-methyl/N-ethyl adjacent to an activating group) is 1. The van der Waals surface area contributed by atoms with E-state index in [1.54, 1.807) is 18.2 Å². The number of benzene rings is 1. The Morgan fingerprint density at radius 3 is 2.80 bits per heavy atom. The maximum absolute atomic E-state index is 12.2. The number of aliphatic hydroxyl groups is 1. The highest BCUT2D eigenvalue weighted by Gasteiger charge is 2.19. The highest BCUT2D eigenvalue weighted by atomic mass is 35.5. The topological polar surface area (TPSA) is 78.6 Å². The number of nitrogens with two attached hydrogens (primary N) is 1. The highest BCUT2D eigenvalue weighted by Crippen LogP contribution is 2.22. The minimum atomic E-state index is -0.275. The number of carbonyl (C=O) groups excluding carboxylic acids is 1. The zero-order chi connectivity index (χ0) is 15.1. The van der Waals surface area contributed by atoms with Gasteiger partial charge < -0.3 is 16.2 Å². The molecule has 1 unspecified atom stereocenters. The number of amides is 1. The van der Waals surface area contributed by atoms with E-state index in [2.05, 4.69) is 5.32 Å². The monoisotopic (exact) mass is 299 g/mol. The van der Waals surface area contributed by atoms with Crippen molar-refractivity contribution in [2.24, 2.45) is 0 Å². The second-order valence-corrected chi connectivity index (χ2v) is 5.01. The lowest BCUT2D eigenvalue weighted by molar-refractivity contribution is -0.120. The average Bonchev–Trinajstić information content (AvgIpc) is 2.43. The van der Waals surface area contributed by atoms with Crippen molar-refractivity contribution in [3.63, 3.8) is 0 Å². The van der Waals surface area contributed by atoms with E-state index in [0.29, 0.717) is 29.4 Å². The van der Waals surface area contributed by atoms with Crippen molar-refractivity contribution in [2.45, 2.75) is 26.3 Å². The predicted octanol–water partition coefficient (Wildman–Crippen LogP) is 1.95. The maximum Gasteiger partial charge on any atom is 0.241 e. The van der Waals surface area contributed by atoms with Crippen LogP contribution in [0.15, 0.2) is 18.2 Å². The second kappa shape index (κ2) is 8.09. The SMILES string of the molecule is CCN(CCCO)C(C)C(=O)Nc1ccc(Cl)c(N)c1. The zero-order valence-electron chi connectivity index (χ0n) is 11.9. The zero-order valence-corrected chi connectivity index (χ0v) is 12.7. The number of halogens is 1. The van der Waals surface area contributed by atoms with Crippen LogP contribution in [0.1, 0.15) is 20.3 Å². The molecule has 4 N–H and O–H groups in total. The molecule has 1 amide bonds. The summed E-state index contributed by atoms with van der Waals surface area (Å²) < 4.78 is 0. The van der Waals surface area contributed by atoms with Crippen LogP contribution in [-0.2, 0) is 4.79 Å². The number of anilines is 2. The Hall–Kier alpha value is -1.30. The van der Waals surface area contributed by atoms with Gasteiger partial charge in [0.2, 0.25) is 5.91 Å². The summed E-state index contributed by atoms with van der Waals surface area (Å²) in [6.45, 7) is 5.39. The number of rotatable bonds is 7. The van der Waals surface area contributed by atoms with Crippen molar-refractivity contribution in [1.82, 2.24) is 4.90 Å². The molecule has 0 aliphatic rings. The van der Waals surface area contributed by atoms with Crippen LogP contribution in [0, 0.1) is 0 Å². The largest absolute Gasteiger partial charge is 0.397 e. The van der Waals surface area contributed by atoms with Gasteiger partial charge in [0.05, 0.1) is 16.8 Å². The number of aliphatic hydroxyl groups excluding tert-OH is 1. The summed E-state index contributed by atoms with van der Waals surface area (Å²) in [5, 5.41) is 12.2. The molecule has 0 spiro atoms. The normalized spacial score (nSPS) is 12.4. The van der Waals surface area contributed by atoms with Crippen LogP contribution in [-0.4, -0.2) is 41.7 Å². The van der Waals surface area contributed by atoms with Crippen LogP contribution in [0.5, 0.6) is 0 Å². The summed E-state index contributed by atoms with van der Waals surface area (Å²) in [4.78, 5) is 14.2. The minimum absolute atomic E-state index is 0.105. The van der Waals surface area contributed by atoms with Crippen LogP contribution in [0.2, 0.25) is 5.02 Å². The molecule has 0 aliphatic carbocycles. The molecular formula is C14H22ClN3O2. The van der Waals surface area contributed by atoms with Gasteiger partial charge in [-0.25, -0.2) is 0 Å². The molecule has 0 fully saturated rings. The molecule has 0 radical (unpaired) electrons. The minimum Gasteiger partial charge on any atom is -0.397 e. The predicted molar refractivity (Wildman–Crippen MR) is 82.9 cm³/mol. The molecule has 0 saturated carbocycles. The second-order valence-electron chi connectivity index (χ2n) is 4.61. The quantitative estimate of drug-likeness (QED) is 0.673. The first-order chi connectivity index (χ1) is 9.49. The van der Waals surface area contributed by atoms with Gasteiger partial charge in [-0.05, 0) is 38.1 Å². The third-order valence-corrected chi connectivity index (χ3v) is 3.54. The van der Waals surface area contributed by atoms with Gasteiger partial charge in [0.1, 0.15) is 0 Å². The molecule has 1 rings (SSSR count).